The van der Waals surface area contributed by atoms with Crippen LogP contribution in [0.4, 0.5) is 5.69 Å². The fourth-order valence-corrected chi connectivity index (χ4v) is 6.05. The normalized spacial score (nSPS) is 13.1. The van der Waals surface area contributed by atoms with Crippen LogP contribution in [0.5, 0.6) is 0 Å². The highest BCUT2D eigenvalue weighted by Crippen LogP contribution is 2.39. The first-order valence-electron chi connectivity index (χ1n) is 9.81. The molecule has 1 amide bonds. The molecule has 0 saturated carbocycles. The number of aromatic nitrogens is 2. The van der Waals surface area contributed by atoms with E-state index in [2.05, 4.69) is 16.0 Å². The van der Waals surface area contributed by atoms with Crippen molar-refractivity contribution in [1.29, 1.82) is 5.26 Å². The molecule has 1 aromatic carbocycles. The molecule has 0 aliphatic heterocycles. The van der Waals surface area contributed by atoms with Gasteiger partial charge >= 0.3 is 0 Å². The van der Waals surface area contributed by atoms with Gasteiger partial charge in [0, 0.05) is 22.5 Å². The number of nitriles is 1. The highest BCUT2D eigenvalue weighted by molar-refractivity contribution is 8.00. The van der Waals surface area contributed by atoms with E-state index in [-0.39, 0.29) is 11.7 Å². The molecule has 2 heterocycles. The molecule has 5 nitrogen and oxygen atoms in total. The van der Waals surface area contributed by atoms with Crippen LogP contribution < -0.4 is 4.90 Å². The molecule has 0 atom stereocenters. The van der Waals surface area contributed by atoms with Crippen LogP contribution in [0.3, 0.4) is 0 Å². The van der Waals surface area contributed by atoms with Gasteiger partial charge in [-0.25, -0.2) is 9.97 Å². The lowest BCUT2D eigenvalue weighted by molar-refractivity contribution is -0.116. The maximum atomic E-state index is 13.0. The van der Waals surface area contributed by atoms with Crippen molar-refractivity contribution < 1.29 is 4.79 Å². The Morgan fingerprint density at radius 1 is 1.24 bits per heavy atom. The van der Waals surface area contributed by atoms with Crippen molar-refractivity contribution in [3.63, 3.8) is 0 Å². The van der Waals surface area contributed by atoms with Crippen molar-refractivity contribution in [3.05, 3.63) is 46.6 Å². The van der Waals surface area contributed by atoms with E-state index in [0.717, 1.165) is 39.6 Å². The van der Waals surface area contributed by atoms with E-state index in [1.54, 1.807) is 16.2 Å². The van der Waals surface area contributed by atoms with Crippen LogP contribution in [0.15, 0.2) is 35.4 Å². The molecule has 0 radical (unpaired) electrons. The quantitative estimate of drug-likeness (QED) is 0.417. The maximum absolute atomic E-state index is 13.0. The first-order valence-corrected chi connectivity index (χ1v) is 11.6. The van der Waals surface area contributed by atoms with Gasteiger partial charge in [-0.05, 0) is 50.3 Å². The van der Waals surface area contributed by atoms with Crippen LogP contribution in [0, 0.1) is 18.3 Å². The number of fused-ring (bicyclic) bond motifs is 3. The smallest absolute Gasteiger partial charge is 0.237 e. The lowest BCUT2D eigenvalue weighted by Crippen LogP contribution is -2.33. The molecule has 0 fully saturated rings. The Morgan fingerprint density at radius 2 is 2.03 bits per heavy atom. The van der Waals surface area contributed by atoms with E-state index in [9.17, 15) is 4.79 Å². The highest BCUT2D eigenvalue weighted by atomic mass is 32.2. The number of anilines is 1. The highest BCUT2D eigenvalue weighted by Gasteiger charge is 2.22. The van der Waals surface area contributed by atoms with E-state index in [1.807, 2.05) is 37.3 Å². The molecule has 29 heavy (non-hydrogen) atoms. The van der Waals surface area contributed by atoms with Gasteiger partial charge in [0.25, 0.3) is 0 Å². The monoisotopic (exact) mass is 422 g/mol. The summed E-state index contributed by atoms with van der Waals surface area (Å²) in [5.74, 6) is 1.02. The van der Waals surface area contributed by atoms with Gasteiger partial charge in [-0.1, -0.05) is 30.0 Å². The molecule has 0 spiro atoms. The Kier molecular flexibility index (Phi) is 6.12. The number of rotatable bonds is 6. The molecular formula is C22H22N4OS2. The predicted octanol–water partition coefficient (Wildman–Crippen LogP) is 4.92. The van der Waals surface area contributed by atoms with Crippen LogP contribution in [0.1, 0.15) is 35.5 Å². The summed E-state index contributed by atoms with van der Waals surface area (Å²) in [6, 6.07) is 11.7. The van der Waals surface area contributed by atoms with Crippen molar-refractivity contribution in [2.75, 3.05) is 17.2 Å². The summed E-state index contributed by atoms with van der Waals surface area (Å²) in [4.78, 5) is 26.5. The number of thioether (sulfide) groups is 1. The summed E-state index contributed by atoms with van der Waals surface area (Å²) >= 11 is 3.27. The minimum absolute atomic E-state index is 0.00929. The van der Waals surface area contributed by atoms with Crippen LogP contribution in [0.2, 0.25) is 0 Å². The Hall–Kier alpha value is -2.43. The van der Waals surface area contributed by atoms with E-state index in [1.165, 1.54) is 35.0 Å². The molecule has 1 aliphatic carbocycles. The van der Waals surface area contributed by atoms with Gasteiger partial charge in [-0.15, -0.1) is 11.3 Å². The second-order valence-corrected chi connectivity index (χ2v) is 9.09. The fraction of sp³-hybridized carbons (Fsp3) is 0.364. The largest absolute Gasteiger partial charge is 0.311 e. The number of aryl methyl sites for hydroxylation is 3. The molecule has 0 N–H and O–H groups in total. The van der Waals surface area contributed by atoms with Crippen molar-refractivity contribution in [2.24, 2.45) is 0 Å². The first kappa shape index (κ1) is 19.9. The fourth-order valence-electron chi connectivity index (χ4n) is 3.71. The topological polar surface area (TPSA) is 69.9 Å². The number of hydrogen-bond donors (Lipinski definition) is 0. The SMILES string of the molecule is Cc1nc(SCC(=O)N(CCC#N)c2ccccc2)c2c3c(sc2n1)CCCC3. The number of thiophene rings is 1. The molecular weight excluding hydrogens is 400 g/mol. The number of carbonyl (C=O) groups excluding carboxylic acids is 1. The minimum Gasteiger partial charge on any atom is -0.311 e. The van der Waals surface area contributed by atoms with Crippen LogP contribution in [-0.4, -0.2) is 28.2 Å². The van der Waals surface area contributed by atoms with Gasteiger partial charge in [-0.3, -0.25) is 4.79 Å². The number of amides is 1. The molecule has 4 rings (SSSR count). The zero-order valence-corrected chi connectivity index (χ0v) is 18.0. The summed E-state index contributed by atoms with van der Waals surface area (Å²) in [6.45, 7) is 2.30. The summed E-state index contributed by atoms with van der Waals surface area (Å²) in [6.07, 6.45) is 4.93. The van der Waals surface area contributed by atoms with Crippen LogP contribution in [0.25, 0.3) is 10.2 Å². The molecule has 3 aromatic rings. The molecule has 0 bridgehead atoms. The zero-order chi connectivity index (χ0) is 20.2. The van der Waals surface area contributed by atoms with Crippen molar-refractivity contribution in [2.45, 2.75) is 44.1 Å². The maximum Gasteiger partial charge on any atom is 0.237 e. The Balaban J connectivity index is 1.59. The van der Waals surface area contributed by atoms with E-state index >= 15 is 0 Å². The number of nitrogens with zero attached hydrogens (tertiary/aromatic N) is 4. The third-order valence-corrected chi connectivity index (χ3v) is 7.19. The second-order valence-electron chi connectivity index (χ2n) is 7.04. The molecule has 0 saturated heterocycles. The predicted molar refractivity (Wildman–Crippen MR) is 119 cm³/mol. The third-order valence-electron chi connectivity index (χ3n) is 5.04. The minimum atomic E-state index is -0.00929. The molecule has 1 aliphatic rings. The van der Waals surface area contributed by atoms with Crippen LogP contribution >= 0.6 is 23.1 Å². The van der Waals surface area contributed by atoms with Crippen molar-refractivity contribution in [1.82, 2.24) is 9.97 Å². The number of carbonyl (C=O) groups is 1. The van der Waals surface area contributed by atoms with Crippen molar-refractivity contribution >= 4 is 44.9 Å². The first-order chi connectivity index (χ1) is 14.2. The average Bonchev–Trinajstić information content (AvgIpc) is 3.11. The van der Waals surface area contributed by atoms with E-state index < -0.39 is 0 Å². The van der Waals surface area contributed by atoms with Gasteiger partial charge in [0.05, 0.1) is 18.2 Å². The summed E-state index contributed by atoms with van der Waals surface area (Å²) in [5, 5.41) is 11.0. The standard InChI is InChI=1S/C22H22N4OS2/c1-15-24-21(20-17-10-5-6-11-18(17)29-22(20)25-15)28-14-19(27)26(13-7-12-23)16-8-3-2-4-9-16/h2-4,8-9H,5-7,10-11,13-14H2,1H3. The Morgan fingerprint density at radius 3 is 2.83 bits per heavy atom. The lowest BCUT2D eigenvalue weighted by Gasteiger charge is -2.21. The molecule has 0 unspecified atom stereocenters. The Bertz CT molecular complexity index is 1070. The van der Waals surface area contributed by atoms with E-state index in [0.29, 0.717) is 13.0 Å². The summed E-state index contributed by atoms with van der Waals surface area (Å²) < 4.78 is 0. The van der Waals surface area contributed by atoms with Gasteiger partial charge in [0.2, 0.25) is 5.91 Å². The van der Waals surface area contributed by atoms with Crippen LogP contribution in [-0.2, 0) is 17.6 Å². The molecule has 7 heteroatoms. The van der Waals surface area contributed by atoms with Gasteiger partial charge in [0.1, 0.15) is 15.7 Å². The Labute approximate surface area is 178 Å². The average molecular weight is 423 g/mol. The molecule has 148 valence electrons. The number of hydrogen-bond acceptors (Lipinski definition) is 6. The third kappa shape index (κ3) is 4.29. The zero-order valence-electron chi connectivity index (χ0n) is 16.4. The lowest BCUT2D eigenvalue weighted by atomic mass is 9.97. The second kappa shape index (κ2) is 8.93. The van der Waals surface area contributed by atoms with Gasteiger partial charge in [-0.2, -0.15) is 5.26 Å². The summed E-state index contributed by atoms with van der Waals surface area (Å²) in [7, 11) is 0. The van der Waals surface area contributed by atoms with E-state index in [4.69, 9.17) is 5.26 Å². The van der Waals surface area contributed by atoms with Crippen molar-refractivity contribution in [3.8, 4) is 6.07 Å². The molecule has 2 aromatic heterocycles. The number of benzene rings is 1. The van der Waals surface area contributed by atoms with Gasteiger partial charge < -0.3 is 4.90 Å². The number of para-hydroxylation sites is 1. The summed E-state index contributed by atoms with van der Waals surface area (Å²) in [5.41, 5.74) is 2.21. The van der Waals surface area contributed by atoms with Gasteiger partial charge in [0.15, 0.2) is 0 Å².